The van der Waals surface area contributed by atoms with Gasteiger partial charge in [-0.1, -0.05) is 97.1 Å². The van der Waals surface area contributed by atoms with Gasteiger partial charge in [-0.25, -0.2) is 12.4 Å². The minimum absolute atomic E-state index is 0. The van der Waals surface area contributed by atoms with Crippen molar-refractivity contribution in [1.29, 1.82) is 0 Å². The van der Waals surface area contributed by atoms with Crippen molar-refractivity contribution >= 4 is 59.2 Å². The molecule has 0 aliphatic carbocycles. The summed E-state index contributed by atoms with van der Waals surface area (Å²) in [6.45, 7) is 5.73. The number of para-hydroxylation sites is 1. The number of rotatable bonds is 12. The quantitative estimate of drug-likeness (QED) is 0.0878. The molecule has 7 nitrogen and oxygen atoms in total. The normalized spacial score (nSPS) is 13.1. The van der Waals surface area contributed by atoms with Gasteiger partial charge in [0.1, 0.15) is 22.3 Å². The van der Waals surface area contributed by atoms with E-state index in [1.807, 2.05) is 93.6 Å². The van der Waals surface area contributed by atoms with Gasteiger partial charge in [-0.2, -0.15) is 0 Å². The third-order valence-electron chi connectivity index (χ3n) is 8.47. The van der Waals surface area contributed by atoms with Crippen LogP contribution in [-0.4, -0.2) is 44.3 Å². The first-order valence-electron chi connectivity index (χ1n) is 16.2. The third-order valence-corrected chi connectivity index (χ3v) is 14.3. The van der Waals surface area contributed by atoms with E-state index in [0.717, 1.165) is 27.1 Å². The molecule has 2 unspecified atom stereocenters. The van der Waals surface area contributed by atoms with E-state index in [2.05, 4.69) is 29.0 Å². The summed E-state index contributed by atoms with van der Waals surface area (Å²) < 4.78 is 59.6. The molecular formula is C40H44BN2O5PS2. The molecule has 0 fully saturated rings. The van der Waals surface area contributed by atoms with Crippen molar-refractivity contribution in [1.82, 2.24) is 8.69 Å². The number of benzene rings is 5. The number of nitrogens with one attached hydrogen (secondary N) is 1. The molecule has 0 aliphatic heterocycles. The van der Waals surface area contributed by atoms with E-state index < -0.39 is 40.1 Å². The molecule has 0 radical (unpaired) electrons. The number of methoxy groups -OCH3 is 2. The molecule has 5 aromatic carbocycles. The van der Waals surface area contributed by atoms with Gasteiger partial charge in [-0.15, -0.1) is 4.72 Å². The van der Waals surface area contributed by atoms with E-state index in [0.29, 0.717) is 28.9 Å². The molecule has 6 aromatic rings. The van der Waals surface area contributed by atoms with Crippen molar-refractivity contribution < 1.29 is 22.4 Å². The summed E-state index contributed by atoms with van der Waals surface area (Å²) in [7, 11) is -2.04. The number of nitrogens with zero attached hydrogens (tertiary/aromatic N) is 1. The van der Waals surface area contributed by atoms with E-state index in [1.165, 1.54) is 3.97 Å². The summed E-state index contributed by atoms with van der Waals surface area (Å²) >= 11 is -1.55. The van der Waals surface area contributed by atoms with Crippen molar-refractivity contribution in [3.63, 3.8) is 0 Å². The van der Waals surface area contributed by atoms with Gasteiger partial charge in [0.15, 0.2) is 0 Å². The Morgan fingerprint density at radius 3 is 1.76 bits per heavy atom. The van der Waals surface area contributed by atoms with Crippen LogP contribution in [0.3, 0.4) is 0 Å². The highest BCUT2D eigenvalue weighted by molar-refractivity contribution is 7.91. The van der Waals surface area contributed by atoms with Gasteiger partial charge >= 0.3 is 0 Å². The maximum atomic E-state index is 14.9. The summed E-state index contributed by atoms with van der Waals surface area (Å²) in [5.41, 5.74) is 2.61. The number of aromatic nitrogens is 1. The highest BCUT2D eigenvalue weighted by Gasteiger charge is 2.37. The van der Waals surface area contributed by atoms with Gasteiger partial charge in [0.25, 0.3) is 10.0 Å². The van der Waals surface area contributed by atoms with E-state index >= 15 is 0 Å². The summed E-state index contributed by atoms with van der Waals surface area (Å²) in [6.07, 6.45) is 0.390. The van der Waals surface area contributed by atoms with Crippen LogP contribution in [0.15, 0.2) is 138 Å². The smallest absolute Gasteiger partial charge is 0.268 e. The molecule has 0 aliphatic rings. The molecule has 1 N–H and O–H groups in total. The Labute approximate surface area is 307 Å². The molecule has 0 saturated heterocycles. The monoisotopic (exact) mass is 738 g/mol. The molecular weight excluding hydrogens is 694 g/mol. The van der Waals surface area contributed by atoms with Crippen molar-refractivity contribution in [3.05, 3.63) is 150 Å². The first kappa shape index (κ1) is 38.2. The Hall–Kier alpha value is -4.05. The fourth-order valence-electron chi connectivity index (χ4n) is 6.00. The zero-order valence-corrected chi connectivity index (χ0v) is 31.3. The Morgan fingerprint density at radius 1 is 0.765 bits per heavy atom. The lowest BCUT2D eigenvalue weighted by atomic mass is 9.96. The standard InChI is InChI=1S/C40H41N2O5PS2.BH3/c1-40(2,3)49(43)41-39(29-25-30(46-4)27-31(26-29)47-5)38-35-23-15-16-24-36(35)42(50(44,45)34-21-13-8-14-22-34)37(38)28-48(32-17-9-6-10-18-32)33-19-11-7-12-20-33;/h6-27,39,41H,28H2,1-5H3;1H3. The van der Waals surface area contributed by atoms with Gasteiger partial charge in [0.2, 0.25) is 0 Å². The fourth-order valence-corrected chi connectivity index (χ4v) is 10.8. The van der Waals surface area contributed by atoms with Crippen LogP contribution in [0.25, 0.3) is 10.9 Å². The van der Waals surface area contributed by atoms with Crippen molar-refractivity contribution in [2.45, 2.75) is 42.6 Å². The van der Waals surface area contributed by atoms with Crippen molar-refractivity contribution in [2.75, 3.05) is 14.2 Å². The second-order valence-corrected chi connectivity index (χ2v) is 18.8. The molecule has 0 saturated carbocycles. The van der Waals surface area contributed by atoms with Crippen LogP contribution in [0.4, 0.5) is 0 Å². The predicted molar refractivity (Wildman–Crippen MR) is 216 cm³/mol. The van der Waals surface area contributed by atoms with E-state index in [9.17, 15) is 13.0 Å². The maximum Gasteiger partial charge on any atom is 0.268 e. The molecule has 51 heavy (non-hydrogen) atoms. The average molecular weight is 739 g/mol. The molecule has 2 atom stereocenters. The molecule has 0 spiro atoms. The Kier molecular flexibility index (Phi) is 12.1. The molecule has 11 heteroatoms. The molecule has 264 valence electrons. The average Bonchev–Trinajstić information content (AvgIpc) is 3.47. The summed E-state index contributed by atoms with van der Waals surface area (Å²) in [5.74, 6) is 1.12. The minimum atomic E-state index is -4.11. The SMILES string of the molecule is B.COc1cc(OC)cc(C(N[S+]([O-])C(C)(C)C)c2c(CP(c3ccccc3)c3ccccc3)n(S(=O)(=O)c3ccccc3)c3ccccc23)c1. The summed E-state index contributed by atoms with van der Waals surface area (Å²) in [4.78, 5) is 0.183. The zero-order valence-electron chi connectivity index (χ0n) is 28.7. The molecule has 0 amide bonds. The highest BCUT2D eigenvalue weighted by atomic mass is 32.2. The van der Waals surface area contributed by atoms with Crippen molar-refractivity contribution in [3.8, 4) is 11.5 Å². The highest BCUT2D eigenvalue weighted by Crippen LogP contribution is 2.46. The van der Waals surface area contributed by atoms with Crippen LogP contribution >= 0.6 is 7.92 Å². The Balaban J connectivity index is 0.00000504. The maximum absolute atomic E-state index is 14.9. The lowest BCUT2D eigenvalue weighted by molar-refractivity contribution is 0.392. The van der Waals surface area contributed by atoms with Gasteiger partial charge in [-0.3, -0.25) is 0 Å². The van der Waals surface area contributed by atoms with Gasteiger partial charge in [0, 0.05) is 40.2 Å². The van der Waals surface area contributed by atoms with Gasteiger partial charge < -0.3 is 14.0 Å². The largest absolute Gasteiger partial charge is 0.598 e. The number of hydrogen-bond acceptors (Lipinski definition) is 6. The fraction of sp³-hybridized carbons (Fsp3) is 0.200. The lowest BCUT2D eigenvalue weighted by Crippen LogP contribution is -2.41. The molecule has 0 bridgehead atoms. The topological polar surface area (TPSA) is 92.6 Å². The van der Waals surface area contributed by atoms with Crippen LogP contribution in [0.5, 0.6) is 11.5 Å². The van der Waals surface area contributed by atoms with Crippen LogP contribution in [-0.2, 0) is 27.5 Å². The zero-order chi connectivity index (χ0) is 35.5. The van der Waals surface area contributed by atoms with Crippen LogP contribution in [0.2, 0.25) is 0 Å². The summed E-state index contributed by atoms with van der Waals surface area (Å²) in [5, 5.41) is 2.96. The minimum Gasteiger partial charge on any atom is -0.598 e. The third kappa shape index (κ3) is 8.06. The van der Waals surface area contributed by atoms with Crippen molar-refractivity contribution in [2.24, 2.45) is 0 Å². The first-order chi connectivity index (χ1) is 24.0. The second-order valence-electron chi connectivity index (χ2n) is 12.8. The molecule has 1 aromatic heterocycles. The van der Waals surface area contributed by atoms with Crippen LogP contribution in [0, 0.1) is 0 Å². The molecule has 6 rings (SSSR count). The number of ether oxygens (including phenoxy) is 2. The Morgan fingerprint density at radius 2 is 1.25 bits per heavy atom. The first-order valence-corrected chi connectivity index (χ1v) is 20.4. The molecule has 1 heterocycles. The Bertz CT molecular complexity index is 2120. The number of fused-ring (bicyclic) bond motifs is 1. The van der Waals surface area contributed by atoms with Crippen LogP contribution < -0.4 is 24.8 Å². The van der Waals surface area contributed by atoms with E-state index in [-0.39, 0.29) is 13.3 Å². The van der Waals surface area contributed by atoms with Gasteiger partial charge in [0.05, 0.1) is 33.0 Å². The van der Waals surface area contributed by atoms with Crippen LogP contribution in [0.1, 0.15) is 43.6 Å². The van der Waals surface area contributed by atoms with E-state index in [1.54, 1.807) is 50.6 Å². The van der Waals surface area contributed by atoms with Gasteiger partial charge in [-0.05, 0) is 75.2 Å². The predicted octanol–water partition coefficient (Wildman–Crippen LogP) is 6.49. The lowest BCUT2D eigenvalue weighted by Gasteiger charge is -2.30. The van der Waals surface area contributed by atoms with E-state index in [4.69, 9.17) is 9.47 Å². The second kappa shape index (κ2) is 16.1. The number of hydrogen-bond donors (Lipinski definition) is 1. The summed E-state index contributed by atoms with van der Waals surface area (Å²) in [6, 6.07) is 41.4.